The van der Waals surface area contributed by atoms with Gasteiger partial charge in [-0.05, 0) is 41.7 Å². The fourth-order valence-electron chi connectivity index (χ4n) is 3.29. The van der Waals surface area contributed by atoms with Gasteiger partial charge in [0.15, 0.2) is 5.96 Å². The van der Waals surface area contributed by atoms with E-state index in [4.69, 9.17) is 5.73 Å². The van der Waals surface area contributed by atoms with Gasteiger partial charge in [-0.25, -0.2) is 4.99 Å². The lowest BCUT2D eigenvalue weighted by atomic mass is 10.1. The maximum Gasteiger partial charge on any atom is 0.193 e. The molecule has 27 heavy (non-hydrogen) atoms. The normalized spacial score (nSPS) is 17.6. The van der Waals surface area contributed by atoms with E-state index in [2.05, 4.69) is 46.4 Å². The molecule has 2 aromatic rings. The molecule has 1 atom stereocenters. The molecule has 1 aliphatic heterocycles. The van der Waals surface area contributed by atoms with Gasteiger partial charge in [0.2, 0.25) is 0 Å². The topological polar surface area (TPSA) is 73.9 Å². The number of hydrogen-bond donors (Lipinski definition) is 3. The van der Waals surface area contributed by atoms with E-state index in [0.717, 1.165) is 38.2 Å². The van der Waals surface area contributed by atoms with Crippen molar-refractivity contribution in [2.24, 2.45) is 10.7 Å². The van der Waals surface area contributed by atoms with Crippen LogP contribution in [-0.2, 0) is 19.5 Å². The molecule has 1 heterocycles. The molecule has 1 saturated heterocycles. The molecular weight excluding hydrogens is 451 g/mol. The lowest BCUT2D eigenvalue weighted by Crippen LogP contribution is -2.23. The van der Waals surface area contributed by atoms with Crippen LogP contribution in [-0.4, -0.2) is 35.2 Å². The Morgan fingerprint density at radius 3 is 2.70 bits per heavy atom. The number of nitrogens with two attached hydrogens (primary N) is 1. The zero-order chi connectivity index (χ0) is 18.4. The molecule has 0 bridgehead atoms. The maximum absolute atomic E-state index is 9.71. The molecule has 3 rings (SSSR count). The first kappa shape index (κ1) is 21.7. The van der Waals surface area contributed by atoms with Gasteiger partial charge in [0, 0.05) is 25.3 Å². The Morgan fingerprint density at radius 2 is 2.00 bits per heavy atom. The van der Waals surface area contributed by atoms with Gasteiger partial charge in [0.1, 0.15) is 0 Å². The first-order chi connectivity index (χ1) is 12.6. The van der Waals surface area contributed by atoms with Crippen LogP contribution in [0, 0.1) is 0 Å². The average Bonchev–Trinajstić information content (AvgIpc) is 3.06. The predicted octanol–water partition coefficient (Wildman–Crippen LogP) is 3.36. The summed E-state index contributed by atoms with van der Waals surface area (Å²) in [6, 6.07) is 16.5. The highest BCUT2D eigenvalue weighted by molar-refractivity contribution is 14.0. The minimum Gasteiger partial charge on any atom is -0.392 e. The number of guanidine groups is 1. The number of nitrogens with zero attached hydrogens (tertiary/aromatic N) is 2. The first-order valence-corrected chi connectivity index (χ1v) is 9.27. The Kier molecular flexibility index (Phi) is 8.53. The van der Waals surface area contributed by atoms with E-state index >= 15 is 0 Å². The van der Waals surface area contributed by atoms with Crippen molar-refractivity contribution in [2.75, 3.05) is 18.4 Å². The predicted molar refractivity (Wildman–Crippen MR) is 123 cm³/mol. The zero-order valence-corrected chi connectivity index (χ0v) is 18.1. The number of aliphatic imine (C=N–C) groups is 1. The van der Waals surface area contributed by atoms with E-state index in [-0.39, 0.29) is 30.1 Å². The van der Waals surface area contributed by atoms with E-state index in [9.17, 15) is 5.11 Å². The van der Waals surface area contributed by atoms with E-state index in [1.807, 2.05) is 24.3 Å². The second-order valence-electron chi connectivity index (χ2n) is 6.83. The summed E-state index contributed by atoms with van der Waals surface area (Å²) < 4.78 is 0. The summed E-state index contributed by atoms with van der Waals surface area (Å²) in [5.41, 5.74) is 10.7. The molecule has 0 aliphatic carbocycles. The van der Waals surface area contributed by atoms with Crippen LogP contribution in [0.4, 0.5) is 5.69 Å². The molecule has 0 spiro atoms. The number of hydrogen-bond acceptors (Lipinski definition) is 3. The number of aryl methyl sites for hydroxylation is 1. The number of rotatable bonds is 6. The Labute approximate surface area is 178 Å². The van der Waals surface area contributed by atoms with Crippen LogP contribution < -0.4 is 11.1 Å². The molecule has 1 aliphatic rings. The number of aliphatic hydroxyl groups excluding tert-OH is 1. The lowest BCUT2D eigenvalue weighted by Gasteiger charge is -2.17. The van der Waals surface area contributed by atoms with Crippen LogP contribution in [0.15, 0.2) is 53.5 Å². The van der Waals surface area contributed by atoms with Crippen LogP contribution in [0.2, 0.25) is 0 Å². The Hall–Kier alpha value is -1.64. The molecule has 1 unspecified atom stereocenters. The van der Waals surface area contributed by atoms with Gasteiger partial charge >= 0.3 is 0 Å². The van der Waals surface area contributed by atoms with E-state index in [0.29, 0.717) is 12.5 Å². The largest absolute Gasteiger partial charge is 0.392 e. The second kappa shape index (κ2) is 10.6. The quantitative estimate of drug-likeness (QED) is 0.337. The summed E-state index contributed by atoms with van der Waals surface area (Å²) in [6.45, 7) is 5.20. The highest BCUT2D eigenvalue weighted by atomic mass is 127. The molecule has 1 fully saturated rings. The van der Waals surface area contributed by atoms with Gasteiger partial charge in [0.05, 0.1) is 12.6 Å². The summed E-state index contributed by atoms with van der Waals surface area (Å²) in [4.78, 5) is 6.79. The number of halogens is 1. The van der Waals surface area contributed by atoms with Crippen LogP contribution in [0.25, 0.3) is 0 Å². The third-order valence-electron chi connectivity index (χ3n) is 4.79. The second-order valence-corrected chi connectivity index (χ2v) is 6.83. The summed E-state index contributed by atoms with van der Waals surface area (Å²) in [5, 5.41) is 12.9. The number of aliphatic hydroxyl groups is 1. The van der Waals surface area contributed by atoms with E-state index in [1.54, 1.807) is 0 Å². The van der Waals surface area contributed by atoms with E-state index in [1.165, 1.54) is 16.7 Å². The minimum absolute atomic E-state index is 0. The Bertz CT molecular complexity index is 765. The lowest BCUT2D eigenvalue weighted by molar-refractivity contribution is 0.174. The number of anilines is 1. The van der Waals surface area contributed by atoms with Crippen molar-refractivity contribution in [3.05, 3.63) is 65.2 Å². The zero-order valence-electron chi connectivity index (χ0n) is 15.8. The molecular formula is C21H29IN4O. The number of β-amino-alcohol motifs (C(OH)–C–C–N with tert-alkyl or cyclic N) is 1. The maximum atomic E-state index is 9.71. The number of nitrogens with one attached hydrogen (secondary N) is 1. The van der Waals surface area contributed by atoms with Gasteiger partial charge in [-0.3, -0.25) is 4.90 Å². The molecule has 5 nitrogen and oxygen atoms in total. The molecule has 0 amide bonds. The molecule has 0 radical (unpaired) electrons. The molecule has 6 heteroatoms. The van der Waals surface area contributed by atoms with Gasteiger partial charge in [-0.1, -0.05) is 43.3 Å². The van der Waals surface area contributed by atoms with E-state index < -0.39 is 0 Å². The van der Waals surface area contributed by atoms with Crippen LogP contribution in [0.1, 0.15) is 30.0 Å². The van der Waals surface area contributed by atoms with Crippen molar-refractivity contribution in [3.8, 4) is 0 Å². The van der Waals surface area contributed by atoms with Gasteiger partial charge in [-0.15, -0.1) is 24.0 Å². The fourth-order valence-corrected chi connectivity index (χ4v) is 3.29. The van der Waals surface area contributed by atoms with Crippen molar-refractivity contribution < 1.29 is 5.11 Å². The van der Waals surface area contributed by atoms with Gasteiger partial charge in [0.25, 0.3) is 0 Å². The van der Waals surface area contributed by atoms with Crippen molar-refractivity contribution in [2.45, 2.75) is 39.0 Å². The summed E-state index contributed by atoms with van der Waals surface area (Å²) in [6.07, 6.45) is 1.65. The molecule has 146 valence electrons. The highest BCUT2D eigenvalue weighted by Crippen LogP contribution is 2.17. The molecule has 0 saturated carbocycles. The van der Waals surface area contributed by atoms with Crippen molar-refractivity contribution in [1.29, 1.82) is 0 Å². The standard InChI is InChI=1S/C21H28N4O.HI/c1-2-16-6-5-9-19(12-16)24-21(22)23-13-17-7-3-4-8-18(17)14-25-11-10-20(26)15-25;/h3-9,12,20,26H,2,10-11,13-15H2,1H3,(H3,22,23,24);1H. The van der Waals surface area contributed by atoms with Gasteiger partial charge in [-0.2, -0.15) is 0 Å². The smallest absolute Gasteiger partial charge is 0.193 e. The highest BCUT2D eigenvalue weighted by Gasteiger charge is 2.20. The first-order valence-electron chi connectivity index (χ1n) is 9.27. The molecule has 0 aromatic heterocycles. The fraction of sp³-hybridized carbons (Fsp3) is 0.381. The minimum atomic E-state index is -0.195. The summed E-state index contributed by atoms with van der Waals surface area (Å²) >= 11 is 0. The Morgan fingerprint density at radius 1 is 1.22 bits per heavy atom. The Balaban J connectivity index is 0.00000261. The number of benzene rings is 2. The molecule has 4 N–H and O–H groups in total. The summed E-state index contributed by atoms with van der Waals surface area (Å²) in [7, 11) is 0. The molecule has 2 aromatic carbocycles. The van der Waals surface area contributed by atoms with Gasteiger partial charge < -0.3 is 16.2 Å². The summed E-state index contributed by atoms with van der Waals surface area (Å²) in [5.74, 6) is 0.421. The van der Waals surface area contributed by atoms with Crippen molar-refractivity contribution in [3.63, 3.8) is 0 Å². The average molecular weight is 480 g/mol. The van der Waals surface area contributed by atoms with Crippen LogP contribution in [0.3, 0.4) is 0 Å². The third-order valence-corrected chi connectivity index (χ3v) is 4.79. The monoisotopic (exact) mass is 480 g/mol. The van der Waals surface area contributed by atoms with Crippen LogP contribution >= 0.6 is 24.0 Å². The SMILES string of the molecule is CCc1cccc(NC(N)=NCc2ccccc2CN2CCC(O)C2)c1.I. The third kappa shape index (κ3) is 6.48. The number of likely N-dealkylation sites (tertiary alicyclic amines) is 1. The van der Waals surface area contributed by atoms with Crippen LogP contribution in [0.5, 0.6) is 0 Å². The van der Waals surface area contributed by atoms with Crippen molar-refractivity contribution in [1.82, 2.24) is 4.90 Å². The van der Waals surface area contributed by atoms with Crippen molar-refractivity contribution >= 4 is 35.6 Å².